The Morgan fingerprint density at radius 2 is 2.24 bits per heavy atom. The molecule has 1 aromatic rings. The van der Waals surface area contributed by atoms with Crippen LogP contribution in [0.15, 0.2) is 22.7 Å². The van der Waals surface area contributed by atoms with Crippen LogP contribution in [-0.2, 0) is 0 Å². The summed E-state index contributed by atoms with van der Waals surface area (Å²) in [4.78, 5) is 2.39. The number of nitrogens with zero attached hydrogens (tertiary/aromatic N) is 1. The van der Waals surface area contributed by atoms with E-state index in [0.717, 1.165) is 25.3 Å². The maximum atomic E-state index is 12.9. The molecule has 2 rings (SSSR count). The standard InChI is InChI=1S/C13H17BrFNO/c1-9(2)16-6-5-11(8-16)17-13-4-3-10(15)7-12(13)14/h3-4,7,9,11H,5-6,8H2,1-2H3. The number of hydrogen-bond donors (Lipinski definition) is 0. The Balaban J connectivity index is 1.98. The van der Waals surface area contributed by atoms with Crippen LogP contribution in [0.2, 0.25) is 0 Å². The molecule has 0 aliphatic carbocycles. The Morgan fingerprint density at radius 3 is 2.82 bits per heavy atom. The fourth-order valence-corrected chi connectivity index (χ4v) is 2.51. The second kappa shape index (κ2) is 5.36. The van der Waals surface area contributed by atoms with Gasteiger partial charge in [0.1, 0.15) is 17.7 Å². The topological polar surface area (TPSA) is 12.5 Å². The average Bonchev–Trinajstić information content (AvgIpc) is 2.71. The minimum atomic E-state index is -0.251. The van der Waals surface area contributed by atoms with Crippen LogP contribution in [0.25, 0.3) is 0 Å². The number of likely N-dealkylation sites (tertiary alicyclic amines) is 1. The lowest BCUT2D eigenvalue weighted by molar-refractivity contribution is 0.186. The van der Waals surface area contributed by atoms with Gasteiger partial charge >= 0.3 is 0 Å². The van der Waals surface area contributed by atoms with E-state index in [1.165, 1.54) is 12.1 Å². The molecule has 1 atom stereocenters. The van der Waals surface area contributed by atoms with Crippen molar-refractivity contribution >= 4 is 15.9 Å². The lowest BCUT2D eigenvalue weighted by atomic mass is 10.3. The number of hydrogen-bond acceptors (Lipinski definition) is 2. The summed E-state index contributed by atoms with van der Waals surface area (Å²) < 4.78 is 19.5. The molecule has 1 aliphatic heterocycles. The molecule has 1 fully saturated rings. The van der Waals surface area contributed by atoms with E-state index in [4.69, 9.17) is 4.74 Å². The molecule has 2 nitrogen and oxygen atoms in total. The normalized spacial score (nSPS) is 21.1. The van der Waals surface area contributed by atoms with Gasteiger partial charge in [0, 0.05) is 19.1 Å². The average molecular weight is 302 g/mol. The van der Waals surface area contributed by atoms with Crippen LogP contribution in [0.5, 0.6) is 5.75 Å². The third-order valence-electron chi connectivity index (χ3n) is 3.09. The van der Waals surface area contributed by atoms with Crippen LogP contribution in [0.3, 0.4) is 0 Å². The van der Waals surface area contributed by atoms with Gasteiger partial charge in [-0.05, 0) is 54.4 Å². The van der Waals surface area contributed by atoms with Crippen molar-refractivity contribution in [3.63, 3.8) is 0 Å². The highest BCUT2D eigenvalue weighted by Crippen LogP contribution is 2.28. The Bertz CT molecular complexity index is 397. The molecule has 0 amide bonds. The number of rotatable bonds is 3. The van der Waals surface area contributed by atoms with E-state index in [9.17, 15) is 4.39 Å². The third-order valence-corrected chi connectivity index (χ3v) is 3.71. The quantitative estimate of drug-likeness (QED) is 0.848. The minimum Gasteiger partial charge on any atom is -0.488 e. The largest absolute Gasteiger partial charge is 0.488 e. The van der Waals surface area contributed by atoms with Gasteiger partial charge in [0.25, 0.3) is 0 Å². The first-order chi connectivity index (χ1) is 8.06. The minimum absolute atomic E-state index is 0.208. The number of halogens is 2. The zero-order chi connectivity index (χ0) is 12.4. The summed E-state index contributed by atoms with van der Waals surface area (Å²) in [5.41, 5.74) is 0. The second-order valence-electron chi connectivity index (χ2n) is 4.69. The van der Waals surface area contributed by atoms with Crippen LogP contribution < -0.4 is 4.74 Å². The van der Waals surface area contributed by atoms with Crippen molar-refractivity contribution in [1.82, 2.24) is 4.90 Å². The molecule has 17 heavy (non-hydrogen) atoms. The van der Waals surface area contributed by atoms with E-state index in [1.54, 1.807) is 6.07 Å². The lowest BCUT2D eigenvalue weighted by Gasteiger charge is -2.20. The lowest BCUT2D eigenvalue weighted by Crippen LogP contribution is -2.30. The van der Waals surface area contributed by atoms with Crippen molar-refractivity contribution in [2.45, 2.75) is 32.4 Å². The van der Waals surface area contributed by atoms with Crippen LogP contribution in [0, 0.1) is 5.82 Å². The number of benzene rings is 1. The second-order valence-corrected chi connectivity index (χ2v) is 5.55. The summed E-state index contributed by atoms with van der Waals surface area (Å²) in [6.45, 7) is 6.40. The number of ether oxygens (including phenoxy) is 1. The molecule has 1 unspecified atom stereocenters. The first-order valence-corrected chi connectivity index (χ1v) is 6.71. The molecule has 0 saturated carbocycles. The van der Waals surface area contributed by atoms with Crippen molar-refractivity contribution in [1.29, 1.82) is 0 Å². The molecular weight excluding hydrogens is 285 g/mol. The van der Waals surface area contributed by atoms with Crippen LogP contribution in [0.4, 0.5) is 4.39 Å². The molecule has 0 radical (unpaired) electrons. The van der Waals surface area contributed by atoms with Gasteiger partial charge in [-0.15, -0.1) is 0 Å². The van der Waals surface area contributed by atoms with Crippen LogP contribution in [0.1, 0.15) is 20.3 Å². The highest BCUT2D eigenvalue weighted by atomic mass is 79.9. The molecule has 0 N–H and O–H groups in total. The summed E-state index contributed by atoms with van der Waals surface area (Å²) in [7, 11) is 0. The Kier molecular flexibility index (Phi) is 4.05. The van der Waals surface area contributed by atoms with Gasteiger partial charge in [-0.3, -0.25) is 4.90 Å². The van der Waals surface area contributed by atoms with Gasteiger partial charge in [0.2, 0.25) is 0 Å². The van der Waals surface area contributed by atoms with Gasteiger partial charge in [-0.2, -0.15) is 0 Å². The fraction of sp³-hybridized carbons (Fsp3) is 0.538. The van der Waals surface area contributed by atoms with E-state index in [0.29, 0.717) is 10.5 Å². The SMILES string of the molecule is CC(C)N1CCC(Oc2ccc(F)cc2Br)C1. The molecule has 94 valence electrons. The highest BCUT2D eigenvalue weighted by molar-refractivity contribution is 9.10. The van der Waals surface area contributed by atoms with Crippen molar-refractivity contribution in [3.8, 4) is 5.75 Å². The fourth-order valence-electron chi connectivity index (χ4n) is 2.07. The van der Waals surface area contributed by atoms with Gasteiger partial charge in [0.05, 0.1) is 4.47 Å². The molecule has 0 spiro atoms. The van der Waals surface area contributed by atoms with Gasteiger partial charge in [0.15, 0.2) is 0 Å². The molecule has 0 bridgehead atoms. The maximum absolute atomic E-state index is 12.9. The molecular formula is C13H17BrFNO. The van der Waals surface area contributed by atoms with E-state index in [2.05, 4.69) is 34.7 Å². The molecule has 0 aromatic heterocycles. The van der Waals surface area contributed by atoms with Gasteiger partial charge < -0.3 is 4.74 Å². The van der Waals surface area contributed by atoms with Crippen molar-refractivity contribution in [3.05, 3.63) is 28.5 Å². The zero-order valence-electron chi connectivity index (χ0n) is 10.1. The van der Waals surface area contributed by atoms with Gasteiger partial charge in [-0.1, -0.05) is 0 Å². The van der Waals surface area contributed by atoms with Crippen molar-refractivity contribution in [2.24, 2.45) is 0 Å². The summed E-state index contributed by atoms with van der Waals surface area (Å²) in [6, 6.07) is 5.09. The first kappa shape index (κ1) is 12.8. The summed E-state index contributed by atoms with van der Waals surface area (Å²) >= 11 is 3.32. The smallest absolute Gasteiger partial charge is 0.134 e. The zero-order valence-corrected chi connectivity index (χ0v) is 11.7. The Hall–Kier alpha value is -0.610. The predicted molar refractivity (Wildman–Crippen MR) is 69.8 cm³/mol. The van der Waals surface area contributed by atoms with Crippen molar-refractivity contribution in [2.75, 3.05) is 13.1 Å². The van der Waals surface area contributed by atoms with E-state index in [1.807, 2.05) is 0 Å². The van der Waals surface area contributed by atoms with Gasteiger partial charge in [-0.25, -0.2) is 4.39 Å². The van der Waals surface area contributed by atoms with Crippen molar-refractivity contribution < 1.29 is 9.13 Å². The summed E-state index contributed by atoms with van der Waals surface area (Å²) in [5.74, 6) is 0.474. The predicted octanol–water partition coefficient (Wildman–Crippen LogP) is 3.45. The Labute approximate surface area is 110 Å². The summed E-state index contributed by atoms with van der Waals surface area (Å²) in [6.07, 6.45) is 1.24. The molecule has 4 heteroatoms. The first-order valence-electron chi connectivity index (χ1n) is 5.92. The van der Waals surface area contributed by atoms with Crippen LogP contribution in [-0.4, -0.2) is 30.1 Å². The molecule has 1 aliphatic rings. The summed E-state index contributed by atoms with van der Waals surface area (Å²) in [5, 5.41) is 0. The maximum Gasteiger partial charge on any atom is 0.134 e. The highest BCUT2D eigenvalue weighted by Gasteiger charge is 2.25. The third kappa shape index (κ3) is 3.19. The molecule has 1 saturated heterocycles. The molecule has 1 aromatic carbocycles. The van der Waals surface area contributed by atoms with E-state index < -0.39 is 0 Å². The van der Waals surface area contributed by atoms with E-state index >= 15 is 0 Å². The molecule has 1 heterocycles. The Morgan fingerprint density at radius 1 is 1.47 bits per heavy atom. The van der Waals surface area contributed by atoms with E-state index in [-0.39, 0.29) is 11.9 Å². The monoisotopic (exact) mass is 301 g/mol. The van der Waals surface area contributed by atoms with Crippen LogP contribution >= 0.6 is 15.9 Å².